The van der Waals surface area contributed by atoms with Crippen molar-refractivity contribution in [1.82, 2.24) is 14.9 Å². The van der Waals surface area contributed by atoms with Gasteiger partial charge < -0.3 is 0 Å². The molecule has 2 atom stereocenters. The molecule has 28 heavy (non-hydrogen) atoms. The van der Waals surface area contributed by atoms with Gasteiger partial charge in [-0.15, -0.1) is 0 Å². The maximum absolute atomic E-state index is 11.3. The van der Waals surface area contributed by atoms with E-state index in [0.717, 1.165) is 47.9 Å². The summed E-state index contributed by atoms with van der Waals surface area (Å²) in [5.74, 6) is 0.104. The summed E-state index contributed by atoms with van der Waals surface area (Å²) in [6.07, 6.45) is 3.78. The van der Waals surface area contributed by atoms with Gasteiger partial charge in [0.05, 0.1) is 0 Å². The second kappa shape index (κ2) is 9.73. The van der Waals surface area contributed by atoms with Crippen molar-refractivity contribution in [2.45, 2.75) is 31.9 Å². The maximum atomic E-state index is 11.3. The number of aromatic nitrogens is 2. The molecular formula is C20H27AsClN5O. The van der Waals surface area contributed by atoms with Gasteiger partial charge in [0.15, 0.2) is 0 Å². The molecule has 0 radical (unpaired) electrons. The number of likely N-dealkylation sites (N-methyl/N-ethyl adjacent to an activating group) is 1. The zero-order chi connectivity index (χ0) is 20.1. The van der Waals surface area contributed by atoms with Crippen LogP contribution in [0.1, 0.15) is 25.0 Å². The molecular weight excluding hydrogens is 437 g/mol. The number of carbonyl (C=O) groups excluding carboxylic acids is 1. The van der Waals surface area contributed by atoms with E-state index in [1.54, 1.807) is 6.20 Å². The van der Waals surface area contributed by atoms with E-state index in [2.05, 4.69) is 45.3 Å². The van der Waals surface area contributed by atoms with Crippen LogP contribution >= 0.6 is 11.6 Å². The van der Waals surface area contributed by atoms with Gasteiger partial charge in [0.2, 0.25) is 0 Å². The number of nitrogens with two attached hydrogens (primary N) is 1. The molecule has 2 unspecified atom stereocenters. The molecule has 150 valence electrons. The van der Waals surface area contributed by atoms with E-state index in [4.69, 9.17) is 17.3 Å². The molecule has 1 aliphatic rings. The number of fused-ring (bicyclic) bond motifs is 1. The Morgan fingerprint density at radius 2 is 2.11 bits per heavy atom. The molecule has 1 amide bonds. The quantitative estimate of drug-likeness (QED) is 0.613. The van der Waals surface area contributed by atoms with Crippen LogP contribution in [0.2, 0.25) is 10.2 Å². The van der Waals surface area contributed by atoms with Gasteiger partial charge in [-0.25, -0.2) is 0 Å². The van der Waals surface area contributed by atoms with Crippen LogP contribution in [0.5, 0.6) is 0 Å². The molecule has 1 aromatic carbocycles. The molecule has 6 nitrogen and oxygen atoms in total. The fraction of sp³-hybridized carbons (Fsp3) is 0.450. The van der Waals surface area contributed by atoms with Crippen molar-refractivity contribution in [3.8, 4) is 0 Å². The number of halogens is 1. The Morgan fingerprint density at radius 1 is 1.36 bits per heavy atom. The number of rotatable bonds is 7. The van der Waals surface area contributed by atoms with Gasteiger partial charge in [-0.1, -0.05) is 0 Å². The average Bonchev–Trinajstić information content (AvgIpc) is 2.89. The number of carbonyl (C=O) groups is 1. The van der Waals surface area contributed by atoms with E-state index in [1.807, 2.05) is 6.92 Å². The molecule has 0 bridgehead atoms. The van der Waals surface area contributed by atoms with Gasteiger partial charge in [-0.05, 0) is 0 Å². The number of amides is 1. The number of hydrogen-bond donors (Lipinski definition) is 2. The number of benzene rings is 1. The first-order chi connectivity index (χ1) is 13.5. The molecule has 0 spiro atoms. The molecule has 0 saturated carbocycles. The van der Waals surface area contributed by atoms with Crippen molar-refractivity contribution in [1.29, 1.82) is 0 Å². The Morgan fingerprint density at radius 3 is 2.82 bits per heavy atom. The summed E-state index contributed by atoms with van der Waals surface area (Å²) in [4.78, 5) is 22.7. The zero-order valence-corrected chi connectivity index (χ0v) is 19.2. The van der Waals surface area contributed by atoms with Gasteiger partial charge in [0.1, 0.15) is 0 Å². The third-order valence-electron chi connectivity index (χ3n) is 5.11. The zero-order valence-electron chi connectivity index (χ0n) is 16.3. The van der Waals surface area contributed by atoms with Crippen molar-refractivity contribution >= 4 is 49.4 Å². The summed E-state index contributed by atoms with van der Waals surface area (Å²) in [5, 5.41) is 4.61. The standard InChI is InChI=1S/C20H27AsClN5O/c1-3-27-8-6-14-4-5-16(10-15(14)7-9-27)25-20-24-12-17(22)18(26-20)21-11-13(2)19(23)28/h4-5,10,12-13,21H,3,6-9,11H2,1-2H3,(H2,23,28)(H,24,25,26). The first kappa shape index (κ1) is 21.1. The summed E-state index contributed by atoms with van der Waals surface area (Å²) in [5.41, 5.74) is 9.15. The van der Waals surface area contributed by atoms with Gasteiger partial charge >= 0.3 is 178 Å². The monoisotopic (exact) mass is 463 g/mol. The molecule has 2 aromatic rings. The Kier molecular flexibility index (Phi) is 7.33. The van der Waals surface area contributed by atoms with Crippen LogP contribution in [0.4, 0.5) is 11.6 Å². The molecule has 0 fully saturated rings. The van der Waals surface area contributed by atoms with Crippen LogP contribution in [0.3, 0.4) is 0 Å². The Labute approximate surface area is 177 Å². The summed E-state index contributed by atoms with van der Waals surface area (Å²) >= 11 is 5.60. The van der Waals surface area contributed by atoms with E-state index in [9.17, 15) is 4.79 Å². The predicted octanol–water partition coefficient (Wildman–Crippen LogP) is 1.90. The summed E-state index contributed by atoms with van der Waals surface area (Å²) < 4.78 is 0.848. The van der Waals surface area contributed by atoms with E-state index in [1.165, 1.54) is 11.1 Å². The van der Waals surface area contributed by atoms with Crippen molar-refractivity contribution in [2.24, 2.45) is 11.7 Å². The van der Waals surface area contributed by atoms with Crippen molar-refractivity contribution in [2.75, 3.05) is 25.0 Å². The van der Waals surface area contributed by atoms with E-state index in [-0.39, 0.29) is 11.8 Å². The van der Waals surface area contributed by atoms with E-state index in [0.29, 0.717) is 11.0 Å². The molecule has 0 saturated heterocycles. The number of hydrogen-bond acceptors (Lipinski definition) is 5. The molecule has 0 aliphatic carbocycles. The SMILES string of the molecule is CCN1CCc2ccc(Nc3ncc(Cl)c([AsH]CC(C)C(N)=O)n3)cc2CC1. The fourth-order valence-corrected chi connectivity index (χ4v) is 5.98. The first-order valence-corrected chi connectivity index (χ1v) is 12.5. The van der Waals surface area contributed by atoms with Crippen LogP contribution in [0, 0.1) is 5.92 Å². The van der Waals surface area contributed by atoms with Crippen molar-refractivity contribution < 1.29 is 4.79 Å². The normalized spacial score (nSPS) is 16.0. The van der Waals surface area contributed by atoms with E-state index >= 15 is 0 Å². The second-order valence-corrected chi connectivity index (χ2v) is 10.1. The Balaban J connectivity index is 1.71. The Hall–Kier alpha value is -1.62. The number of nitrogens with one attached hydrogen (secondary N) is 1. The minimum absolute atomic E-state index is 0.158. The van der Waals surface area contributed by atoms with Crippen molar-refractivity contribution in [3.63, 3.8) is 0 Å². The van der Waals surface area contributed by atoms with Crippen molar-refractivity contribution in [3.05, 3.63) is 40.5 Å². The third kappa shape index (κ3) is 5.46. The molecule has 2 heterocycles. The van der Waals surface area contributed by atoms with Crippen LogP contribution in [0.25, 0.3) is 0 Å². The predicted molar refractivity (Wildman–Crippen MR) is 116 cm³/mol. The number of anilines is 2. The second-order valence-electron chi connectivity index (χ2n) is 7.12. The number of nitrogens with zero attached hydrogens (tertiary/aromatic N) is 3. The third-order valence-corrected chi connectivity index (χ3v) is 8.93. The summed E-state index contributed by atoms with van der Waals surface area (Å²) in [7, 11) is 0. The van der Waals surface area contributed by atoms with Crippen LogP contribution in [0.15, 0.2) is 24.4 Å². The van der Waals surface area contributed by atoms with Gasteiger partial charge in [-0.3, -0.25) is 0 Å². The summed E-state index contributed by atoms with van der Waals surface area (Å²) in [6, 6.07) is 6.50. The topological polar surface area (TPSA) is 84.1 Å². The molecule has 8 heteroatoms. The Bertz CT molecular complexity index is 847. The summed E-state index contributed by atoms with van der Waals surface area (Å²) in [6.45, 7) is 7.37. The van der Waals surface area contributed by atoms with Gasteiger partial charge in [-0.2, -0.15) is 0 Å². The van der Waals surface area contributed by atoms with E-state index < -0.39 is 15.8 Å². The molecule has 3 N–H and O–H groups in total. The molecule has 1 aromatic heterocycles. The average molecular weight is 464 g/mol. The van der Waals surface area contributed by atoms with Gasteiger partial charge in [0, 0.05) is 0 Å². The minimum atomic E-state index is -0.659. The van der Waals surface area contributed by atoms with Crippen LogP contribution in [-0.2, 0) is 17.6 Å². The fourth-order valence-electron chi connectivity index (χ4n) is 3.20. The first-order valence-electron chi connectivity index (χ1n) is 9.63. The molecule has 1 aliphatic heterocycles. The van der Waals surface area contributed by atoms with Crippen LogP contribution < -0.4 is 15.5 Å². The van der Waals surface area contributed by atoms with Gasteiger partial charge in [0.25, 0.3) is 0 Å². The van der Waals surface area contributed by atoms with Crippen LogP contribution in [-0.4, -0.2) is 56.2 Å². The molecule has 3 rings (SSSR count). The number of primary amides is 1.